The van der Waals surface area contributed by atoms with E-state index in [1.165, 1.54) is 6.42 Å². The van der Waals surface area contributed by atoms with Gasteiger partial charge in [0.2, 0.25) is 5.91 Å². The van der Waals surface area contributed by atoms with E-state index in [9.17, 15) is 14.7 Å². The van der Waals surface area contributed by atoms with Crippen molar-refractivity contribution in [2.45, 2.75) is 57.0 Å². The Bertz CT molecular complexity index is 1990. The predicted molar refractivity (Wildman–Crippen MR) is 180 cm³/mol. The summed E-state index contributed by atoms with van der Waals surface area (Å²) in [5, 5.41) is 17.6. The van der Waals surface area contributed by atoms with Gasteiger partial charge in [-0.05, 0) is 59.5 Å². The number of likely N-dealkylation sites (tertiary alicyclic amines) is 1. The number of fused-ring (bicyclic) bond motifs is 3. The molecule has 3 aliphatic rings. The lowest BCUT2D eigenvalue weighted by Crippen LogP contribution is -2.51. The number of hydrogen-bond acceptors (Lipinski definition) is 7. The largest absolute Gasteiger partial charge is 0.465 e. The van der Waals surface area contributed by atoms with Crippen molar-refractivity contribution in [3.05, 3.63) is 72.4 Å². The first-order valence-corrected chi connectivity index (χ1v) is 16.7. The molecule has 0 bridgehead atoms. The number of carbonyl (C=O) groups is 2. The summed E-state index contributed by atoms with van der Waals surface area (Å²) < 4.78 is 11.9. The minimum atomic E-state index is -1.24. The van der Waals surface area contributed by atoms with Gasteiger partial charge in [0.15, 0.2) is 5.79 Å². The highest BCUT2D eigenvalue weighted by Crippen LogP contribution is 2.43. The normalized spacial score (nSPS) is 21.2. The topological polar surface area (TPSA) is 157 Å². The van der Waals surface area contributed by atoms with Crippen molar-refractivity contribution >= 4 is 33.8 Å². The summed E-state index contributed by atoms with van der Waals surface area (Å²) in [6, 6.07) is 18.0. The van der Waals surface area contributed by atoms with Gasteiger partial charge < -0.3 is 40.1 Å². The molecule has 3 aliphatic heterocycles. The minimum absolute atomic E-state index is 0.197. The molecular formula is C36H39N7O5. The number of amides is 2. The quantitative estimate of drug-likeness (QED) is 0.155. The summed E-state index contributed by atoms with van der Waals surface area (Å²) in [6.45, 7) is 5.74. The van der Waals surface area contributed by atoms with Crippen LogP contribution < -0.4 is 10.6 Å². The van der Waals surface area contributed by atoms with E-state index in [4.69, 9.17) is 14.5 Å². The summed E-state index contributed by atoms with van der Waals surface area (Å²) in [4.78, 5) is 43.4. The molecule has 5 heterocycles. The Hall–Kier alpha value is -4.78. The zero-order chi connectivity index (χ0) is 33.0. The summed E-state index contributed by atoms with van der Waals surface area (Å²) in [5.74, 6) is 0.104. The zero-order valence-corrected chi connectivity index (χ0v) is 27.0. The number of nitrogens with one attached hydrogen (secondary N) is 4. The van der Waals surface area contributed by atoms with Gasteiger partial charge in [-0.1, -0.05) is 56.3 Å². The Balaban J connectivity index is 1.04. The van der Waals surface area contributed by atoms with E-state index in [2.05, 4.69) is 80.2 Å². The fourth-order valence-corrected chi connectivity index (χ4v) is 7.43. The van der Waals surface area contributed by atoms with Gasteiger partial charge in [0, 0.05) is 11.8 Å². The second kappa shape index (κ2) is 12.0. The maximum Gasteiger partial charge on any atom is 0.405 e. The molecular weight excluding hydrogens is 610 g/mol. The molecule has 8 rings (SSSR count). The van der Waals surface area contributed by atoms with Crippen molar-refractivity contribution in [1.29, 1.82) is 0 Å². The summed E-state index contributed by atoms with van der Waals surface area (Å²) in [6.07, 6.45) is 3.20. The van der Waals surface area contributed by atoms with Crippen LogP contribution in [0.15, 0.2) is 60.8 Å². The average molecular weight is 650 g/mol. The van der Waals surface area contributed by atoms with Crippen LogP contribution >= 0.6 is 0 Å². The molecule has 2 aromatic heterocycles. The van der Waals surface area contributed by atoms with Gasteiger partial charge in [-0.2, -0.15) is 0 Å². The molecule has 3 fully saturated rings. The summed E-state index contributed by atoms with van der Waals surface area (Å²) >= 11 is 0. The van der Waals surface area contributed by atoms with Crippen LogP contribution in [0.1, 0.15) is 56.8 Å². The van der Waals surface area contributed by atoms with Gasteiger partial charge in [-0.15, -0.1) is 0 Å². The number of benzene rings is 3. The molecule has 248 valence electrons. The summed E-state index contributed by atoms with van der Waals surface area (Å²) in [5.41, 5.74) is 6.05. The van der Waals surface area contributed by atoms with Gasteiger partial charge >= 0.3 is 6.09 Å². The number of imidazole rings is 2. The van der Waals surface area contributed by atoms with Gasteiger partial charge in [-0.3, -0.25) is 4.79 Å². The lowest BCUT2D eigenvalue weighted by molar-refractivity contribution is -0.153. The first-order chi connectivity index (χ1) is 23.3. The van der Waals surface area contributed by atoms with E-state index in [0.717, 1.165) is 63.0 Å². The molecule has 0 saturated carbocycles. The van der Waals surface area contributed by atoms with Crippen LogP contribution in [0.5, 0.6) is 0 Å². The molecule has 5 aromatic rings. The van der Waals surface area contributed by atoms with Gasteiger partial charge in [0.05, 0.1) is 54.8 Å². The number of aromatic nitrogens is 4. The highest BCUT2D eigenvalue weighted by Gasteiger charge is 2.52. The Morgan fingerprint density at radius 1 is 1.00 bits per heavy atom. The highest BCUT2D eigenvalue weighted by atomic mass is 16.7. The maximum atomic E-state index is 13.7. The van der Waals surface area contributed by atoms with Crippen molar-refractivity contribution in [3.8, 4) is 22.4 Å². The Kier molecular flexibility index (Phi) is 7.66. The second-order valence-corrected chi connectivity index (χ2v) is 13.4. The van der Waals surface area contributed by atoms with Gasteiger partial charge in [0.25, 0.3) is 0 Å². The smallest absolute Gasteiger partial charge is 0.405 e. The monoisotopic (exact) mass is 649 g/mol. The fourth-order valence-electron chi connectivity index (χ4n) is 7.43. The third-order valence-electron chi connectivity index (χ3n) is 9.92. The van der Waals surface area contributed by atoms with E-state index in [1.807, 2.05) is 13.8 Å². The van der Waals surface area contributed by atoms with E-state index in [1.54, 1.807) is 11.1 Å². The average Bonchev–Trinajstić information content (AvgIpc) is 3.93. The molecule has 1 spiro atoms. The maximum absolute atomic E-state index is 13.7. The highest BCUT2D eigenvalue weighted by molar-refractivity contribution is 6.05. The van der Waals surface area contributed by atoms with E-state index in [0.29, 0.717) is 31.5 Å². The van der Waals surface area contributed by atoms with E-state index < -0.39 is 24.0 Å². The number of rotatable bonds is 7. The van der Waals surface area contributed by atoms with E-state index >= 15 is 0 Å². The minimum Gasteiger partial charge on any atom is -0.465 e. The third kappa shape index (κ3) is 5.49. The number of hydrogen-bond donors (Lipinski definition) is 5. The number of aromatic amines is 2. The van der Waals surface area contributed by atoms with Crippen LogP contribution in [-0.2, 0) is 14.3 Å². The van der Waals surface area contributed by atoms with Crippen LogP contribution in [-0.4, -0.2) is 80.1 Å². The molecule has 5 N–H and O–H groups in total. The van der Waals surface area contributed by atoms with Crippen LogP contribution in [0, 0.1) is 5.92 Å². The van der Waals surface area contributed by atoms with Crippen molar-refractivity contribution in [2.24, 2.45) is 5.92 Å². The molecule has 3 atom stereocenters. The first-order valence-electron chi connectivity index (χ1n) is 16.7. The number of ether oxygens (including phenoxy) is 2. The molecule has 0 radical (unpaired) electrons. The molecule has 3 saturated heterocycles. The van der Waals surface area contributed by atoms with Crippen LogP contribution in [0.4, 0.5) is 4.79 Å². The molecule has 0 aliphatic carbocycles. The summed E-state index contributed by atoms with van der Waals surface area (Å²) in [7, 11) is 0. The third-order valence-corrected chi connectivity index (χ3v) is 9.92. The van der Waals surface area contributed by atoms with Crippen molar-refractivity contribution in [1.82, 2.24) is 35.5 Å². The Morgan fingerprint density at radius 3 is 2.50 bits per heavy atom. The molecule has 2 amide bonds. The molecule has 12 nitrogen and oxygen atoms in total. The number of carboxylic acid groups (broad SMARTS) is 1. The number of H-pyrrole nitrogens is 2. The van der Waals surface area contributed by atoms with Crippen LogP contribution in [0.2, 0.25) is 0 Å². The number of carbonyl (C=O) groups excluding carboxylic acids is 1. The Morgan fingerprint density at radius 2 is 1.77 bits per heavy atom. The van der Waals surface area contributed by atoms with Crippen LogP contribution in [0.3, 0.4) is 0 Å². The lowest BCUT2D eigenvalue weighted by atomic mass is 9.99. The SMILES string of the molecule is CC(C)[C@H](NC(=O)O)C(=O)N1CC2(C[C@H]1c1ncc(-c3ccc(-c4ccc5c(ccc6nc([C@@H]7CCCN7)[nH]c65)c4)cc3)[nH]1)OCCO2. The Labute approximate surface area is 277 Å². The standard InChI is InChI=1S/C36H39N7O5/c1-20(2)30(42-35(45)46)34(44)43-19-36(47-14-15-48-36)17-29(43)33-38-18-28(40-33)22-7-5-21(6-8-22)23-9-11-25-24(16-23)10-12-26-31(25)41-32(39-26)27-4-3-13-37-27/h5-12,16,18,20,27,29-30,37,42H,3-4,13-15,17,19H2,1-2H3,(H,38,40)(H,39,41)(H,45,46)/t27-,29-,30-/m0/s1. The lowest BCUT2D eigenvalue weighted by Gasteiger charge is -2.29. The van der Waals surface area contributed by atoms with Crippen molar-refractivity contribution in [2.75, 3.05) is 26.3 Å². The van der Waals surface area contributed by atoms with Crippen LogP contribution in [0.25, 0.3) is 44.2 Å². The molecule has 3 aromatic carbocycles. The van der Waals surface area contributed by atoms with Crippen molar-refractivity contribution < 1.29 is 24.2 Å². The van der Waals surface area contributed by atoms with E-state index in [-0.39, 0.29) is 18.4 Å². The van der Waals surface area contributed by atoms with Gasteiger partial charge in [0.1, 0.15) is 17.7 Å². The zero-order valence-electron chi connectivity index (χ0n) is 27.0. The molecule has 0 unspecified atom stereocenters. The second-order valence-electron chi connectivity index (χ2n) is 13.4. The molecule has 12 heteroatoms. The van der Waals surface area contributed by atoms with Gasteiger partial charge in [-0.25, -0.2) is 14.8 Å². The molecule has 48 heavy (non-hydrogen) atoms. The predicted octanol–water partition coefficient (Wildman–Crippen LogP) is 5.51. The number of nitrogens with zero attached hydrogens (tertiary/aromatic N) is 3. The van der Waals surface area contributed by atoms with Crippen molar-refractivity contribution in [3.63, 3.8) is 0 Å². The first kappa shape index (κ1) is 30.5. The fraction of sp³-hybridized carbons (Fsp3) is 0.389.